The predicted octanol–water partition coefficient (Wildman–Crippen LogP) is 4.01. The number of benzene rings is 1. The van der Waals surface area contributed by atoms with Crippen LogP contribution in [0.1, 0.15) is 37.4 Å². The van der Waals surface area contributed by atoms with E-state index in [9.17, 15) is 0 Å². The highest BCUT2D eigenvalue weighted by molar-refractivity contribution is 5.25. The van der Waals surface area contributed by atoms with Crippen LogP contribution in [-0.4, -0.2) is 0 Å². The molecule has 0 unspecified atom stereocenters. The van der Waals surface area contributed by atoms with Crippen LogP contribution in [0.3, 0.4) is 0 Å². The van der Waals surface area contributed by atoms with E-state index >= 15 is 0 Å². The maximum atomic E-state index is 8.39. The molecule has 0 saturated heterocycles. The van der Waals surface area contributed by atoms with Crippen molar-refractivity contribution in [2.45, 2.75) is 32.7 Å². The van der Waals surface area contributed by atoms with Crippen LogP contribution in [0.2, 0.25) is 0 Å². The Balaban J connectivity index is 2.88. The molecule has 0 aromatic heterocycles. The standard InChI is InChI=1S/C11H15N3/c1-3-9-5-7-10(8-6-9)11(4-2)13-14-12/h5-8,11H,3-4H2,1-2H3/t11-/m0/s1. The third-order valence-corrected chi connectivity index (χ3v) is 2.35. The molecule has 0 aliphatic carbocycles. The molecule has 0 spiro atoms. The SMILES string of the molecule is CCc1ccc([C@H](CC)N=[N+]=[N-])cc1. The maximum Gasteiger partial charge on any atom is 0.0622 e. The Morgan fingerprint density at radius 1 is 1.29 bits per heavy atom. The number of nitrogens with zero attached hydrogens (tertiary/aromatic N) is 3. The van der Waals surface area contributed by atoms with E-state index < -0.39 is 0 Å². The van der Waals surface area contributed by atoms with Gasteiger partial charge >= 0.3 is 0 Å². The average molecular weight is 189 g/mol. The summed E-state index contributed by atoms with van der Waals surface area (Å²) in [7, 11) is 0. The molecular formula is C11H15N3. The summed E-state index contributed by atoms with van der Waals surface area (Å²) in [5, 5.41) is 3.75. The monoisotopic (exact) mass is 189 g/mol. The summed E-state index contributed by atoms with van der Waals surface area (Å²) in [4.78, 5) is 2.85. The second-order valence-corrected chi connectivity index (χ2v) is 3.22. The van der Waals surface area contributed by atoms with Crippen LogP contribution in [0.15, 0.2) is 29.4 Å². The summed E-state index contributed by atoms with van der Waals surface area (Å²) in [6.07, 6.45) is 1.88. The summed E-state index contributed by atoms with van der Waals surface area (Å²) in [6.45, 7) is 4.15. The molecule has 0 bridgehead atoms. The molecule has 1 aromatic carbocycles. The van der Waals surface area contributed by atoms with Gasteiger partial charge in [0.1, 0.15) is 0 Å². The van der Waals surface area contributed by atoms with E-state index in [1.165, 1.54) is 5.56 Å². The van der Waals surface area contributed by atoms with E-state index in [2.05, 4.69) is 29.1 Å². The highest BCUT2D eigenvalue weighted by atomic mass is 15.1. The van der Waals surface area contributed by atoms with E-state index in [0.717, 1.165) is 18.4 Å². The van der Waals surface area contributed by atoms with Crippen molar-refractivity contribution in [2.75, 3.05) is 0 Å². The molecule has 74 valence electrons. The zero-order valence-electron chi connectivity index (χ0n) is 8.64. The van der Waals surface area contributed by atoms with Crippen LogP contribution in [0.4, 0.5) is 0 Å². The first kappa shape index (κ1) is 10.6. The Bertz CT molecular complexity index is 323. The van der Waals surface area contributed by atoms with Gasteiger partial charge in [0.15, 0.2) is 0 Å². The fraction of sp³-hybridized carbons (Fsp3) is 0.455. The smallest absolute Gasteiger partial charge is 0.0622 e. The van der Waals surface area contributed by atoms with Gasteiger partial charge in [-0.1, -0.05) is 43.2 Å². The normalized spacial score (nSPS) is 11.9. The van der Waals surface area contributed by atoms with Crippen molar-refractivity contribution in [1.29, 1.82) is 0 Å². The fourth-order valence-electron chi connectivity index (χ4n) is 1.42. The highest BCUT2D eigenvalue weighted by Gasteiger charge is 2.05. The van der Waals surface area contributed by atoms with Crippen LogP contribution in [0.5, 0.6) is 0 Å². The molecule has 0 N–H and O–H groups in total. The van der Waals surface area contributed by atoms with E-state index in [-0.39, 0.29) is 6.04 Å². The summed E-state index contributed by atoms with van der Waals surface area (Å²) >= 11 is 0. The largest absolute Gasteiger partial charge is 0.0859 e. The zero-order valence-corrected chi connectivity index (χ0v) is 8.64. The van der Waals surface area contributed by atoms with Gasteiger partial charge in [-0.3, -0.25) is 0 Å². The number of aryl methyl sites for hydroxylation is 1. The first-order valence-electron chi connectivity index (χ1n) is 4.94. The molecule has 0 aliphatic heterocycles. The van der Waals surface area contributed by atoms with Gasteiger partial charge in [0.05, 0.1) is 6.04 Å². The van der Waals surface area contributed by atoms with Gasteiger partial charge in [-0.25, -0.2) is 0 Å². The number of azide groups is 1. The fourth-order valence-corrected chi connectivity index (χ4v) is 1.42. The minimum absolute atomic E-state index is 0.0223. The molecule has 0 fully saturated rings. The Hall–Kier alpha value is -1.47. The van der Waals surface area contributed by atoms with Gasteiger partial charge in [-0.2, -0.15) is 0 Å². The average Bonchev–Trinajstić information content (AvgIpc) is 2.26. The van der Waals surface area contributed by atoms with Gasteiger partial charge in [0.25, 0.3) is 0 Å². The third kappa shape index (κ3) is 2.51. The molecule has 1 aromatic rings. The van der Waals surface area contributed by atoms with Gasteiger partial charge in [0, 0.05) is 4.91 Å². The molecule has 3 nitrogen and oxygen atoms in total. The summed E-state index contributed by atoms with van der Waals surface area (Å²) in [5.74, 6) is 0. The highest BCUT2D eigenvalue weighted by Crippen LogP contribution is 2.21. The van der Waals surface area contributed by atoms with Crippen LogP contribution < -0.4 is 0 Å². The lowest BCUT2D eigenvalue weighted by molar-refractivity contribution is 0.692. The number of hydrogen-bond donors (Lipinski definition) is 0. The lowest BCUT2D eigenvalue weighted by atomic mass is 10.0. The Kier molecular flexibility index (Phi) is 4.02. The van der Waals surface area contributed by atoms with Crippen LogP contribution in [0, 0.1) is 0 Å². The quantitative estimate of drug-likeness (QED) is 0.390. The predicted molar refractivity (Wildman–Crippen MR) is 58.0 cm³/mol. The van der Waals surface area contributed by atoms with Crippen molar-refractivity contribution in [2.24, 2.45) is 5.11 Å². The van der Waals surface area contributed by atoms with Crippen LogP contribution >= 0.6 is 0 Å². The van der Waals surface area contributed by atoms with E-state index in [4.69, 9.17) is 5.53 Å². The third-order valence-electron chi connectivity index (χ3n) is 2.35. The van der Waals surface area contributed by atoms with Crippen LogP contribution in [0.25, 0.3) is 10.4 Å². The number of hydrogen-bond acceptors (Lipinski definition) is 1. The first-order chi connectivity index (χ1) is 6.81. The van der Waals surface area contributed by atoms with E-state index in [0.29, 0.717) is 0 Å². The molecular weight excluding hydrogens is 174 g/mol. The van der Waals surface area contributed by atoms with Gasteiger partial charge in [-0.15, -0.1) is 0 Å². The van der Waals surface area contributed by atoms with Crippen LogP contribution in [-0.2, 0) is 6.42 Å². The van der Waals surface area contributed by atoms with Crippen molar-refractivity contribution in [3.63, 3.8) is 0 Å². The lowest BCUT2D eigenvalue weighted by Gasteiger charge is -2.08. The van der Waals surface area contributed by atoms with Crippen molar-refractivity contribution in [3.8, 4) is 0 Å². The van der Waals surface area contributed by atoms with Crippen molar-refractivity contribution in [3.05, 3.63) is 45.8 Å². The van der Waals surface area contributed by atoms with Crippen molar-refractivity contribution in [1.82, 2.24) is 0 Å². The summed E-state index contributed by atoms with van der Waals surface area (Å²) < 4.78 is 0. The zero-order chi connectivity index (χ0) is 10.4. The lowest BCUT2D eigenvalue weighted by Crippen LogP contribution is -1.92. The van der Waals surface area contributed by atoms with Gasteiger partial charge < -0.3 is 0 Å². The first-order valence-corrected chi connectivity index (χ1v) is 4.94. The Morgan fingerprint density at radius 2 is 1.93 bits per heavy atom. The minimum Gasteiger partial charge on any atom is -0.0859 e. The van der Waals surface area contributed by atoms with Gasteiger partial charge in [0.2, 0.25) is 0 Å². The Labute approximate surface area is 84.4 Å². The second kappa shape index (κ2) is 5.30. The molecule has 0 aliphatic rings. The molecule has 1 atom stereocenters. The second-order valence-electron chi connectivity index (χ2n) is 3.22. The van der Waals surface area contributed by atoms with E-state index in [1.54, 1.807) is 0 Å². The molecule has 1 rings (SSSR count). The van der Waals surface area contributed by atoms with Crippen molar-refractivity contribution >= 4 is 0 Å². The molecule has 0 radical (unpaired) electrons. The maximum absolute atomic E-state index is 8.39. The summed E-state index contributed by atoms with van der Waals surface area (Å²) in [6, 6.07) is 8.24. The molecule has 3 heteroatoms. The van der Waals surface area contributed by atoms with Crippen molar-refractivity contribution < 1.29 is 0 Å². The molecule has 0 heterocycles. The summed E-state index contributed by atoms with van der Waals surface area (Å²) in [5.41, 5.74) is 10.8. The topological polar surface area (TPSA) is 48.8 Å². The molecule has 14 heavy (non-hydrogen) atoms. The Morgan fingerprint density at radius 3 is 2.36 bits per heavy atom. The molecule has 0 amide bonds. The van der Waals surface area contributed by atoms with E-state index in [1.807, 2.05) is 19.1 Å². The van der Waals surface area contributed by atoms with Gasteiger partial charge in [-0.05, 0) is 29.5 Å². The molecule has 0 saturated carbocycles. The number of rotatable bonds is 4. The minimum atomic E-state index is -0.0223.